The van der Waals surface area contributed by atoms with Crippen LogP contribution in [0.25, 0.3) is 0 Å². The molecule has 0 unspecified atom stereocenters. The monoisotopic (exact) mass is 380 g/mol. The summed E-state index contributed by atoms with van der Waals surface area (Å²) in [7, 11) is 3.93. The van der Waals surface area contributed by atoms with Gasteiger partial charge in [0, 0.05) is 25.1 Å². The van der Waals surface area contributed by atoms with Gasteiger partial charge < -0.3 is 15.0 Å². The van der Waals surface area contributed by atoms with Crippen molar-refractivity contribution in [2.45, 2.75) is 12.8 Å². The first-order chi connectivity index (χ1) is 12.0. The molecular weight excluding hydrogens is 360 g/mol. The summed E-state index contributed by atoms with van der Waals surface area (Å²) in [6.07, 6.45) is 0.321. The highest BCUT2D eigenvalue weighted by molar-refractivity contribution is 7.12. The number of hydrogen-bond acceptors (Lipinski definition) is 5. The van der Waals surface area contributed by atoms with E-state index in [0.717, 1.165) is 6.54 Å². The first-order valence-corrected chi connectivity index (χ1v) is 9.15. The van der Waals surface area contributed by atoms with Crippen molar-refractivity contribution in [3.63, 3.8) is 0 Å². The first-order valence-electron chi connectivity index (χ1n) is 7.89. The summed E-state index contributed by atoms with van der Waals surface area (Å²) in [5.41, 5.74) is 0.582. The number of amides is 1. The lowest BCUT2D eigenvalue weighted by atomic mass is 10.2. The van der Waals surface area contributed by atoms with Gasteiger partial charge in [-0.05, 0) is 43.7 Å². The van der Waals surface area contributed by atoms with Gasteiger partial charge in [0.15, 0.2) is 5.78 Å². The van der Waals surface area contributed by atoms with Crippen molar-refractivity contribution in [2.75, 3.05) is 32.6 Å². The molecule has 0 saturated carbocycles. The van der Waals surface area contributed by atoms with Crippen molar-refractivity contribution >= 4 is 40.3 Å². The van der Waals surface area contributed by atoms with Crippen LogP contribution in [0.1, 0.15) is 22.5 Å². The quantitative estimate of drug-likeness (QED) is 0.669. The highest BCUT2D eigenvalue weighted by Crippen LogP contribution is 2.27. The molecule has 0 bridgehead atoms. The third-order valence-electron chi connectivity index (χ3n) is 3.39. The van der Waals surface area contributed by atoms with Crippen LogP contribution in [-0.4, -0.2) is 43.8 Å². The number of carbonyl (C=O) groups excluding carboxylic acids is 2. The van der Waals surface area contributed by atoms with E-state index in [1.165, 1.54) is 11.3 Å². The lowest BCUT2D eigenvalue weighted by Crippen LogP contribution is -2.19. The molecule has 5 nitrogen and oxygen atoms in total. The minimum absolute atomic E-state index is 0.0205. The van der Waals surface area contributed by atoms with E-state index in [0.29, 0.717) is 27.9 Å². The SMILES string of the molecule is CN(C)CCOc1ccc(NC(=O)CCC(=O)c2cccs2)cc1Cl. The number of ether oxygens (including phenoxy) is 1. The molecule has 0 aliphatic carbocycles. The largest absolute Gasteiger partial charge is 0.491 e. The van der Waals surface area contributed by atoms with Crippen LogP contribution in [0, 0.1) is 0 Å². The van der Waals surface area contributed by atoms with Crippen molar-refractivity contribution in [1.82, 2.24) is 4.90 Å². The van der Waals surface area contributed by atoms with Crippen molar-refractivity contribution in [1.29, 1.82) is 0 Å². The summed E-state index contributed by atoms with van der Waals surface area (Å²) >= 11 is 7.56. The molecule has 1 heterocycles. The maximum absolute atomic E-state index is 12.0. The first kappa shape index (κ1) is 19.4. The smallest absolute Gasteiger partial charge is 0.224 e. The number of nitrogens with one attached hydrogen (secondary N) is 1. The molecule has 0 aliphatic rings. The maximum Gasteiger partial charge on any atom is 0.224 e. The van der Waals surface area contributed by atoms with Crippen molar-refractivity contribution < 1.29 is 14.3 Å². The predicted octanol–water partition coefficient (Wildman–Crippen LogP) is 3.94. The zero-order valence-corrected chi connectivity index (χ0v) is 15.8. The van der Waals surface area contributed by atoms with E-state index in [1.807, 2.05) is 30.4 Å². The van der Waals surface area contributed by atoms with Crippen LogP contribution in [0.3, 0.4) is 0 Å². The molecule has 2 aromatic rings. The Bertz CT molecular complexity index is 717. The number of carbonyl (C=O) groups is 2. The van der Waals surface area contributed by atoms with Gasteiger partial charge in [-0.3, -0.25) is 9.59 Å². The molecule has 134 valence electrons. The molecule has 1 aromatic carbocycles. The molecule has 0 atom stereocenters. The fourth-order valence-corrected chi connectivity index (χ4v) is 2.97. The van der Waals surface area contributed by atoms with Gasteiger partial charge >= 0.3 is 0 Å². The third kappa shape index (κ3) is 6.49. The van der Waals surface area contributed by atoms with Gasteiger partial charge in [-0.2, -0.15) is 0 Å². The molecule has 0 spiro atoms. The Balaban J connectivity index is 1.82. The Hall–Kier alpha value is -1.89. The molecule has 0 saturated heterocycles. The average molecular weight is 381 g/mol. The number of thiophene rings is 1. The summed E-state index contributed by atoms with van der Waals surface area (Å²) in [6.45, 7) is 1.32. The van der Waals surface area contributed by atoms with Crippen LogP contribution in [0.5, 0.6) is 5.75 Å². The summed E-state index contributed by atoms with van der Waals surface area (Å²) in [5.74, 6) is 0.337. The highest BCUT2D eigenvalue weighted by Gasteiger charge is 2.11. The number of anilines is 1. The summed E-state index contributed by atoms with van der Waals surface area (Å²) in [6, 6.07) is 8.69. The molecule has 1 aromatic heterocycles. The van der Waals surface area contributed by atoms with E-state index in [2.05, 4.69) is 5.32 Å². The topological polar surface area (TPSA) is 58.6 Å². The van der Waals surface area contributed by atoms with E-state index in [4.69, 9.17) is 16.3 Å². The second kappa shape index (κ2) is 9.56. The lowest BCUT2D eigenvalue weighted by molar-refractivity contribution is -0.116. The Morgan fingerprint density at radius 2 is 2.04 bits per heavy atom. The van der Waals surface area contributed by atoms with Crippen LogP contribution in [-0.2, 0) is 4.79 Å². The second-order valence-corrected chi connectivity index (χ2v) is 7.10. The normalized spacial score (nSPS) is 10.7. The Morgan fingerprint density at radius 1 is 1.24 bits per heavy atom. The zero-order chi connectivity index (χ0) is 18.2. The number of ketones is 1. The predicted molar refractivity (Wildman–Crippen MR) is 102 cm³/mol. The van der Waals surface area contributed by atoms with Gasteiger partial charge in [-0.1, -0.05) is 17.7 Å². The molecule has 0 radical (unpaired) electrons. The van der Waals surface area contributed by atoms with Crippen LogP contribution < -0.4 is 10.1 Å². The van der Waals surface area contributed by atoms with E-state index < -0.39 is 0 Å². The Kier molecular flexibility index (Phi) is 7.43. The maximum atomic E-state index is 12.0. The molecule has 0 fully saturated rings. The fraction of sp³-hybridized carbons (Fsp3) is 0.333. The van der Waals surface area contributed by atoms with Crippen molar-refractivity contribution in [3.8, 4) is 5.75 Å². The summed E-state index contributed by atoms with van der Waals surface area (Å²) < 4.78 is 5.60. The number of halogens is 1. The van der Waals surface area contributed by atoms with Gasteiger partial charge in [0.25, 0.3) is 0 Å². The van der Waals surface area contributed by atoms with Gasteiger partial charge in [0.1, 0.15) is 12.4 Å². The van der Waals surface area contributed by atoms with E-state index in [-0.39, 0.29) is 24.5 Å². The number of hydrogen-bond donors (Lipinski definition) is 1. The van der Waals surface area contributed by atoms with Crippen LogP contribution >= 0.6 is 22.9 Å². The standard InChI is InChI=1S/C18H21ClN2O3S/c1-21(2)9-10-24-16-7-5-13(12-14(16)19)20-18(23)8-6-15(22)17-4-3-11-25-17/h3-5,7,11-12H,6,8-10H2,1-2H3,(H,20,23). The molecule has 0 aliphatic heterocycles. The van der Waals surface area contributed by atoms with Crippen LogP contribution in [0.4, 0.5) is 5.69 Å². The fourth-order valence-electron chi connectivity index (χ4n) is 2.04. The van der Waals surface area contributed by atoms with Crippen LogP contribution in [0.15, 0.2) is 35.7 Å². The number of rotatable bonds is 9. The van der Waals surface area contributed by atoms with E-state index in [1.54, 1.807) is 24.3 Å². The number of nitrogens with zero attached hydrogens (tertiary/aromatic N) is 1. The number of likely N-dealkylation sites (N-methyl/N-ethyl adjacent to an activating group) is 1. The van der Waals surface area contributed by atoms with Gasteiger partial charge in [0.2, 0.25) is 5.91 Å². The van der Waals surface area contributed by atoms with E-state index in [9.17, 15) is 9.59 Å². The molecule has 1 amide bonds. The lowest BCUT2D eigenvalue weighted by Gasteiger charge is -2.13. The molecule has 25 heavy (non-hydrogen) atoms. The van der Waals surface area contributed by atoms with Crippen LogP contribution in [0.2, 0.25) is 5.02 Å². The number of benzene rings is 1. The molecule has 1 N–H and O–H groups in total. The Morgan fingerprint density at radius 3 is 2.68 bits per heavy atom. The summed E-state index contributed by atoms with van der Waals surface area (Å²) in [5, 5.41) is 5.03. The second-order valence-electron chi connectivity index (χ2n) is 5.75. The zero-order valence-electron chi connectivity index (χ0n) is 14.3. The average Bonchev–Trinajstić information content (AvgIpc) is 3.09. The van der Waals surface area contributed by atoms with Gasteiger partial charge in [0.05, 0.1) is 9.90 Å². The highest BCUT2D eigenvalue weighted by atomic mass is 35.5. The minimum Gasteiger partial charge on any atom is -0.491 e. The third-order valence-corrected chi connectivity index (χ3v) is 4.59. The molecular formula is C18H21ClN2O3S. The van der Waals surface area contributed by atoms with Crippen molar-refractivity contribution in [2.24, 2.45) is 0 Å². The van der Waals surface area contributed by atoms with Crippen molar-refractivity contribution in [3.05, 3.63) is 45.6 Å². The van der Waals surface area contributed by atoms with Gasteiger partial charge in [-0.25, -0.2) is 0 Å². The Labute approximate surface area is 156 Å². The van der Waals surface area contributed by atoms with Gasteiger partial charge in [-0.15, -0.1) is 11.3 Å². The van der Waals surface area contributed by atoms with E-state index >= 15 is 0 Å². The molecule has 7 heteroatoms. The minimum atomic E-state index is -0.220. The number of Topliss-reactive ketones (excluding diaryl/α,β-unsaturated/α-hetero) is 1. The molecule has 2 rings (SSSR count). The summed E-state index contributed by atoms with van der Waals surface area (Å²) in [4.78, 5) is 26.6.